The molecule has 0 radical (unpaired) electrons. The first-order chi connectivity index (χ1) is 45.8. The Morgan fingerprint density at radius 1 is 0.423 bits per heavy atom. The smallest absolute Gasteiger partial charge is 0.322 e. The van der Waals surface area contributed by atoms with Crippen LogP contribution in [0.15, 0.2) is 25.0 Å². The van der Waals surface area contributed by atoms with Crippen molar-refractivity contribution in [2.75, 3.05) is 58.9 Å². The predicted octanol–water partition coefficient (Wildman–Crippen LogP) is -10.7. The maximum absolute atomic E-state index is 14.7. The minimum Gasteiger partial charge on any atom is -0.480 e. The highest BCUT2D eigenvalue weighted by atomic mass is 16.4. The number of aliphatic imine (C=N–C) groups is 5. The molecule has 0 aromatic carbocycles. The highest BCUT2D eigenvalue weighted by Crippen LogP contribution is 2.20. The lowest BCUT2D eigenvalue weighted by molar-refractivity contribution is -0.142. The molecule has 0 unspecified atom stereocenters. The molecule has 1 aliphatic heterocycles. The summed E-state index contributed by atoms with van der Waals surface area (Å²) in [6.45, 7) is 2.40. The number of aliphatic hydroxyl groups is 1. The maximum Gasteiger partial charge on any atom is 0.322 e. The van der Waals surface area contributed by atoms with Crippen LogP contribution in [0, 0.1) is 0 Å². The van der Waals surface area contributed by atoms with E-state index in [-0.39, 0.29) is 172 Å². The first kappa shape index (κ1) is 85.4. The Kier molecular flexibility index (Phi) is 41.6. The Hall–Kier alpha value is -9.64. The Bertz CT molecular complexity index is 2700. The highest BCUT2D eigenvalue weighted by Gasteiger charge is 2.40. The summed E-state index contributed by atoms with van der Waals surface area (Å²) in [4.78, 5) is 173. The lowest BCUT2D eigenvalue weighted by Gasteiger charge is -2.29. The number of carboxylic acid groups (broad SMARTS) is 1. The van der Waals surface area contributed by atoms with Gasteiger partial charge in [-0.05, 0) is 143 Å². The average Bonchev–Trinajstić information content (AvgIpc) is 1.75. The van der Waals surface area contributed by atoms with Crippen LogP contribution in [-0.4, -0.2) is 235 Å². The number of guanidine groups is 5. The minimum atomic E-state index is -1.51. The zero-order valence-corrected chi connectivity index (χ0v) is 55.5. The lowest BCUT2D eigenvalue weighted by atomic mass is 10.0. The van der Waals surface area contributed by atoms with E-state index < -0.39 is 138 Å². The zero-order chi connectivity index (χ0) is 73.2. The summed E-state index contributed by atoms with van der Waals surface area (Å²) in [6, 6.07) is -13.7. The van der Waals surface area contributed by atoms with Gasteiger partial charge in [0.2, 0.25) is 59.1 Å². The molecule has 11 atom stereocenters. The van der Waals surface area contributed by atoms with Crippen molar-refractivity contribution >= 4 is 94.8 Å². The molecule has 97 heavy (non-hydrogen) atoms. The van der Waals surface area contributed by atoms with Crippen molar-refractivity contribution in [2.45, 2.75) is 196 Å². The van der Waals surface area contributed by atoms with Crippen LogP contribution in [0.25, 0.3) is 0 Å². The molecule has 0 saturated carbocycles. The molecule has 1 aliphatic rings. The molecule has 41 nitrogen and oxygen atoms in total. The summed E-state index contributed by atoms with van der Waals surface area (Å²) in [6.07, 6.45) is 0.562. The number of likely N-dealkylation sites (tertiary alicyclic amines) is 1. The number of aliphatic carboxylic acids is 1. The Morgan fingerprint density at radius 3 is 1.01 bits per heavy atom. The first-order valence-electron chi connectivity index (χ1n) is 32.2. The van der Waals surface area contributed by atoms with Crippen molar-refractivity contribution in [3.63, 3.8) is 0 Å². The van der Waals surface area contributed by atoms with Gasteiger partial charge in [-0.25, -0.2) is 0 Å². The van der Waals surface area contributed by atoms with E-state index in [2.05, 4.69) is 72.8 Å². The predicted molar refractivity (Wildman–Crippen MR) is 362 cm³/mol. The van der Waals surface area contributed by atoms with Crippen molar-refractivity contribution in [3.05, 3.63) is 0 Å². The van der Waals surface area contributed by atoms with E-state index in [1.165, 1.54) is 18.7 Å². The van der Waals surface area contributed by atoms with Gasteiger partial charge in [0.05, 0.1) is 6.10 Å². The van der Waals surface area contributed by atoms with Crippen molar-refractivity contribution in [2.24, 2.45) is 99.5 Å². The SMILES string of the molecule is C[C@H](NC(=O)[C@H](CCCN=C(N)N)NC(=O)[C@@H]1CCCN1C(=O)[C@@H](N)[C@@H](C)O)C(=O)N[C@@H](CCCN=C(N)N)C(=O)N[C@@H](CCCN=C(N)N)C(=O)N[C@@H](CCCN=C(N)N)C(=O)N[C@@H](CCCCN)C(=O)N[C@@H](CCCCN)C(=O)N[C@@H](CCCN=C(N)N)C(=O)NCC(=O)O. The van der Waals surface area contributed by atoms with E-state index in [1.807, 2.05) is 0 Å². The lowest BCUT2D eigenvalue weighted by Crippen LogP contribution is -2.60. The van der Waals surface area contributed by atoms with Gasteiger partial charge in [0.1, 0.15) is 67.0 Å². The topological polar surface area (TPSA) is 740 Å². The summed E-state index contributed by atoms with van der Waals surface area (Å²) >= 11 is 0. The zero-order valence-electron chi connectivity index (χ0n) is 55.5. The molecule has 0 aromatic rings. The molecule has 10 amide bonds. The van der Waals surface area contributed by atoms with Crippen LogP contribution in [0.5, 0.6) is 0 Å². The summed E-state index contributed by atoms with van der Waals surface area (Å²) in [5, 5.41) is 42.5. The first-order valence-corrected chi connectivity index (χ1v) is 32.2. The summed E-state index contributed by atoms with van der Waals surface area (Å²) in [7, 11) is 0. The van der Waals surface area contributed by atoms with Crippen LogP contribution in [0.3, 0.4) is 0 Å². The normalized spacial score (nSPS) is 15.5. The Morgan fingerprint density at radius 2 is 0.711 bits per heavy atom. The van der Waals surface area contributed by atoms with Crippen LogP contribution < -0.4 is 122 Å². The fourth-order valence-corrected chi connectivity index (χ4v) is 9.68. The van der Waals surface area contributed by atoms with Gasteiger partial charge in [0.15, 0.2) is 29.8 Å². The average molecular weight is 1380 g/mol. The largest absolute Gasteiger partial charge is 0.480 e. The van der Waals surface area contributed by atoms with Gasteiger partial charge >= 0.3 is 5.97 Å². The van der Waals surface area contributed by atoms with Gasteiger partial charge in [-0.3, -0.25) is 77.7 Å². The molecule has 41 heteroatoms. The van der Waals surface area contributed by atoms with Crippen molar-refractivity contribution < 1.29 is 63.0 Å². The number of amides is 10. The van der Waals surface area contributed by atoms with E-state index in [0.29, 0.717) is 25.7 Å². The third-order valence-corrected chi connectivity index (χ3v) is 14.9. The van der Waals surface area contributed by atoms with Crippen LogP contribution >= 0.6 is 0 Å². The summed E-state index contributed by atoms with van der Waals surface area (Å²) < 4.78 is 0. The third kappa shape index (κ3) is 36.2. The van der Waals surface area contributed by atoms with E-state index in [4.69, 9.17) is 74.5 Å². The Balaban J connectivity index is 3.77. The van der Waals surface area contributed by atoms with Gasteiger partial charge in [0.25, 0.3) is 0 Å². The molecule has 0 spiro atoms. The highest BCUT2D eigenvalue weighted by molar-refractivity contribution is 5.99. The molecule has 1 heterocycles. The maximum atomic E-state index is 14.7. The molecule has 0 aliphatic carbocycles. The molecule has 1 rings (SSSR count). The van der Waals surface area contributed by atoms with E-state index in [0.717, 1.165) is 0 Å². The molecule has 1 fully saturated rings. The number of carbonyl (C=O) groups excluding carboxylic acids is 10. The van der Waals surface area contributed by atoms with Gasteiger partial charge in [0, 0.05) is 39.3 Å². The molecule has 1 saturated heterocycles. The van der Waals surface area contributed by atoms with E-state index >= 15 is 0 Å². The van der Waals surface area contributed by atoms with Gasteiger partial charge in [-0.2, -0.15) is 0 Å². The second-order valence-corrected chi connectivity index (χ2v) is 23.0. The number of carboxylic acids is 1. The monoisotopic (exact) mass is 1380 g/mol. The summed E-state index contributed by atoms with van der Waals surface area (Å²) in [5.41, 5.74) is 72.8. The molecule has 0 bridgehead atoms. The second kappa shape index (κ2) is 47.3. The number of carbonyl (C=O) groups is 11. The van der Waals surface area contributed by atoms with Gasteiger partial charge in [-0.15, -0.1) is 0 Å². The number of nitrogens with one attached hydrogen (secondary N) is 9. The van der Waals surface area contributed by atoms with Crippen molar-refractivity contribution in [1.29, 1.82) is 0 Å². The number of hydrogen-bond acceptors (Lipinski definition) is 20. The number of rotatable bonds is 49. The van der Waals surface area contributed by atoms with Crippen LogP contribution in [0.2, 0.25) is 0 Å². The standard InChI is InChI=1S/C56H108N28O13/c1-30(76-44(90)35(16-8-24-71-53(62)63)83-50(96)39-20-12-28-84(39)51(97)41(59)31(2)85)42(88)77-36(17-9-25-72-54(64)65)47(93)81-38(19-11-27-74-56(68)69)49(95)82-37(18-10-26-73-55(66)67)48(94)80-34(14-4-6-22-58)46(92)79-33(13-3-5-21-57)45(91)78-32(15-7-23-70-52(60)61)43(89)75-29-40(86)87/h30-39,41,85H,3-29,57-59H2,1-2H3,(H,75,89)(H,76,90)(H,77,88)(H,78,91)(H,79,92)(H,80,94)(H,81,93)(H,82,95)(H,83,96)(H,86,87)(H4,60,61,70)(H4,62,63,71)(H4,64,65,72)(H4,66,67,73)(H4,68,69,74)/t30-,31+,32-,33-,34-,35-,36-,37-,38-,39-,41-/m0/s1. The number of nitrogens with two attached hydrogens (primary N) is 13. The molecule has 37 N–H and O–H groups in total. The van der Waals surface area contributed by atoms with E-state index in [1.54, 1.807) is 0 Å². The number of unbranched alkanes of at least 4 members (excludes halogenated alkanes) is 2. The fourth-order valence-electron chi connectivity index (χ4n) is 9.68. The number of nitrogens with zero attached hydrogens (tertiary/aromatic N) is 6. The van der Waals surface area contributed by atoms with E-state index in [9.17, 15) is 63.0 Å². The third-order valence-electron chi connectivity index (χ3n) is 14.9. The van der Waals surface area contributed by atoms with Gasteiger partial charge < -0.3 is 138 Å². The quantitative estimate of drug-likeness (QED) is 0.0153. The molecule has 0 aromatic heterocycles. The minimum absolute atomic E-state index is 0.00755. The van der Waals surface area contributed by atoms with Crippen molar-refractivity contribution in [1.82, 2.24) is 52.8 Å². The fraction of sp³-hybridized carbons (Fsp3) is 0.714. The molecular weight excluding hydrogens is 1270 g/mol. The Labute approximate surface area is 563 Å². The van der Waals surface area contributed by atoms with Crippen LogP contribution in [0.1, 0.15) is 129 Å². The van der Waals surface area contributed by atoms with Gasteiger partial charge in [-0.1, -0.05) is 0 Å². The van der Waals surface area contributed by atoms with Crippen LogP contribution in [-0.2, 0) is 52.7 Å². The second-order valence-electron chi connectivity index (χ2n) is 23.0. The summed E-state index contributed by atoms with van der Waals surface area (Å²) in [5.74, 6) is -11.2. The van der Waals surface area contributed by atoms with Crippen molar-refractivity contribution in [3.8, 4) is 0 Å². The number of hydrogen-bond donors (Lipinski definition) is 24. The number of aliphatic hydroxyl groups excluding tert-OH is 1. The van der Waals surface area contributed by atoms with Crippen LogP contribution in [0.4, 0.5) is 0 Å². The molecular formula is C56H108N28O13. The molecule has 550 valence electrons.